The largest absolute Gasteiger partial charge is 0.309 e. The summed E-state index contributed by atoms with van der Waals surface area (Å²) in [6, 6.07) is 0.0906. The fourth-order valence-corrected chi connectivity index (χ4v) is 3.46. The van der Waals surface area contributed by atoms with Crippen molar-refractivity contribution in [1.82, 2.24) is 19.8 Å². The van der Waals surface area contributed by atoms with Crippen molar-refractivity contribution in [3.05, 3.63) is 17.5 Å². The molecule has 1 aliphatic rings. The van der Waals surface area contributed by atoms with Gasteiger partial charge in [-0.3, -0.25) is 4.68 Å². The van der Waals surface area contributed by atoms with E-state index in [1.54, 1.807) is 0 Å². The minimum absolute atomic E-state index is 0.0906. The predicted octanol–water partition coefficient (Wildman–Crippen LogP) is 0.771. The lowest BCUT2D eigenvalue weighted by molar-refractivity contribution is 0.523. The maximum Gasteiger partial charge on any atom is 0.214 e. The van der Waals surface area contributed by atoms with Gasteiger partial charge in [-0.25, -0.2) is 13.1 Å². The summed E-state index contributed by atoms with van der Waals surface area (Å²) in [5.41, 5.74) is 2.17. The maximum absolute atomic E-state index is 11.7. The molecule has 2 rings (SSSR count). The zero-order valence-corrected chi connectivity index (χ0v) is 13.2. The number of rotatable bonds is 8. The monoisotopic (exact) mass is 300 g/mol. The second-order valence-electron chi connectivity index (χ2n) is 5.47. The number of aryl methyl sites for hydroxylation is 2. The molecule has 114 valence electrons. The molecule has 1 aromatic heterocycles. The molecule has 1 saturated carbocycles. The van der Waals surface area contributed by atoms with Crippen LogP contribution in [-0.4, -0.2) is 36.0 Å². The quantitative estimate of drug-likeness (QED) is 0.743. The highest BCUT2D eigenvalue weighted by Gasteiger charge is 2.35. The molecule has 1 heterocycles. The first kappa shape index (κ1) is 15.5. The van der Waals surface area contributed by atoms with Crippen LogP contribution >= 0.6 is 0 Å². The topological polar surface area (TPSA) is 76.0 Å². The Bertz CT molecular complexity index is 549. The van der Waals surface area contributed by atoms with Crippen LogP contribution in [0.3, 0.4) is 0 Å². The van der Waals surface area contributed by atoms with E-state index >= 15 is 0 Å². The molecule has 1 atom stereocenters. The van der Waals surface area contributed by atoms with Crippen molar-refractivity contribution in [2.24, 2.45) is 0 Å². The summed E-state index contributed by atoms with van der Waals surface area (Å²) >= 11 is 0. The summed E-state index contributed by atoms with van der Waals surface area (Å²) in [5, 5.41) is 7.56. The van der Waals surface area contributed by atoms with Crippen LogP contribution < -0.4 is 10.0 Å². The molecule has 1 fully saturated rings. The zero-order chi connectivity index (χ0) is 14.8. The molecule has 7 heteroatoms. The van der Waals surface area contributed by atoms with Gasteiger partial charge in [0.25, 0.3) is 0 Å². The highest BCUT2D eigenvalue weighted by atomic mass is 32.2. The molecular formula is C13H24N4O2S. The van der Waals surface area contributed by atoms with Gasteiger partial charge < -0.3 is 5.32 Å². The first-order valence-electron chi connectivity index (χ1n) is 7.17. The maximum atomic E-state index is 11.7. The lowest BCUT2D eigenvalue weighted by atomic mass is 10.2. The van der Waals surface area contributed by atoms with E-state index in [1.807, 2.05) is 24.7 Å². The SMILES string of the molecule is CCn1cc(CN[C@@H](C)CNS(=O)(=O)C2CC2)c(C)n1. The summed E-state index contributed by atoms with van der Waals surface area (Å²) in [6.07, 6.45) is 3.63. The number of hydrogen-bond acceptors (Lipinski definition) is 4. The van der Waals surface area contributed by atoms with E-state index < -0.39 is 10.0 Å². The number of nitrogens with zero attached hydrogens (tertiary/aromatic N) is 2. The molecule has 20 heavy (non-hydrogen) atoms. The zero-order valence-electron chi connectivity index (χ0n) is 12.4. The second kappa shape index (κ2) is 6.24. The van der Waals surface area contributed by atoms with Crippen LogP contribution in [0.4, 0.5) is 0 Å². The Labute approximate surface area is 121 Å². The van der Waals surface area contributed by atoms with Crippen LogP contribution in [0, 0.1) is 6.92 Å². The van der Waals surface area contributed by atoms with Gasteiger partial charge in [-0.2, -0.15) is 5.10 Å². The number of aromatic nitrogens is 2. The highest BCUT2D eigenvalue weighted by molar-refractivity contribution is 7.90. The Hall–Kier alpha value is -0.920. The summed E-state index contributed by atoms with van der Waals surface area (Å²) in [7, 11) is -3.08. The van der Waals surface area contributed by atoms with Crippen LogP contribution in [0.15, 0.2) is 6.20 Å². The van der Waals surface area contributed by atoms with E-state index in [2.05, 4.69) is 22.1 Å². The van der Waals surface area contributed by atoms with Crippen LogP contribution in [0.2, 0.25) is 0 Å². The van der Waals surface area contributed by atoms with Crippen molar-refractivity contribution in [3.8, 4) is 0 Å². The molecule has 0 aromatic carbocycles. The molecule has 1 aliphatic carbocycles. The molecule has 0 amide bonds. The summed E-state index contributed by atoms with van der Waals surface area (Å²) < 4.78 is 28.0. The third kappa shape index (κ3) is 4.04. The van der Waals surface area contributed by atoms with Crippen LogP contribution in [-0.2, 0) is 23.1 Å². The van der Waals surface area contributed by atoms with Crippen molar-refractivity contribution >= 4 is 10.0 Å². The second-order valence-corrected chi connectivity index (χ2v) is 7.52. The summed E-state index contributed by atoms with van der Waals surface area (Å²) in [5.74, 6) is 0. The molecular weight excluding hydrogens is 276 g/mol. The molecule has 6 nitrogen and oxygen atoms in total. The van der Waals surface area contributed by atoms with E-state index in [4.69, 9.17) is 0 Å². The normalized spacial score (nSPS) is 17.4. The Morgan fingerprint density at radius 3 is 2.75 bits per heavy atom. The fraction of sp³-hybridized carbons (Fsp3) is 0.769. The Balaban J connectivity index is 1.77. The first-order chi connectivity index (χ1) is 9.42. The van der Waals surface area contributed by atoms with Gasteiger partial charge in [-0.1, -0.05) is 0 Å². The number of hydrogen-bond donors (Lipinski definition) is 2. The van der Waals surface area contributed by atoms with Gasteiger partial charge >= 0.3 is 0 Å². The molecule has 0 bridgehead atoms. The van der Waals surface area contributed by atoms with E-state index in [-0.39, 0.29) is 11.3 Å². The average Bonchev–Trinajstić information content (AvgIpc) is 3.20. The van der Waals surface area contributed by atoms with E-state index in [9.17, 15) is 8.42 Å². The van der Waals surface area contributed by atoms with Gasteiger partial charge in [0.1, 0.15) is 0 Å². The van der Waals surface area contributed by atoms with E-state index in [0.717, 1.165) is 30.6 Å². The Morgan fingerprint density at radius 2 is 2.20 bits per heavy atom. The van der Waals surface area contributed by atoms with Crippen molar-refractivity contribution in [2.75, 3.05) is 6.54 Å². The van der Waals surface area contributed by atoms with Crippen molar-refractivity contribution in [3.63, 3.8) is 0 Å². The van der Waals surface area contributed by atoms with Gasteiger partial charge in [-0.15, -0.1) is 0 Å². The fourth-order valence-electron chi connectivity index (χ4n) is 1.99. The summed E-state index contributed by atoms with van der Waals surface area (Å²) in [4.78, 5) is 0. The molecule has 0 unspecified atom stereocenters. The molecule has 0 spiro atoms. The minimum atomic E-state index is -3.08. The number of sulfonamides is 1. The van der Waals surface area contributed by atoms with Crippen LogP contribution in [0.1, 0.15) is 37.9 Å². The van der Waals surface area contributed by atoms with Crippen molar-refractivity contribution in [2.45, 2.75) is 58.0 Å². The minimum Gasteiger partial charge on any atom is -0.309 e. The van der Waals surface area contributed by atoms with Crippen LogP contribution in [0.5, 0.6) is 0 Å². The van der Waals surface area contributed by atoms with Crippen molar-refractivity contribution in [1.29, 1.82) is 0 Å². The van der Waals surface area contributed by atoms with Gasteiger partial charge in [0.15, 0.2) is 0 Å². The Morgan fingerprint density at radius 1 is 1.50 bits per heavy atom. The Kier molecular flexibility index (Phi) is 4.82. The predicted molar refractivity (Wildman–Crippen MR) is 78.9 cm³/mol. The van der Waals surface area contributed by atoms with Crippen LogP contribution in [0.25, 0.3) is 0 Å². The molecule has 0 aliphatic heterocycles. The lowest BCUT2D eigenvalue weighted by Gasteiger charge is -2.14. The third-order valence-electron chi connectivity index (χ3n) is 3.57. The van der Waals surface area contributed by atoms with Gasteiger partial charge in [0.05, 0.1) is 10.9 Å². The van der Waals surface area contributed by atoms with E-state index in [1.165, 1.54) is 0 Å². The van der Waals surface area contributed by atoms with Gasteiger partial charge in [0, 0.05) is 37.4 Å². The van der Waals surface area contributed by atoms with Gasteiger partial charge in [-0.05, 0) is 33.6 Å². The molecule has 0 radical (unpaired) electrons. The smallest absolute Gasteiger partial charge is 0.214 e. The number of nitrogens with one attached hydrogen (secondary N) is 2. The molecule has 2 N–H and O–H groups in total. The van der Waals surface area contributed by atoms with Crippen molar-refractivity contribution < 1.29 is 8.42 Å². The first-order valence-corrected chi connectivity index (χ1v) is 8.71. The standard InChI is InChI=1S/C13H24N4O2S/c1-4-17-9-12(11(3)16-17)8-14-10(2)7-15-20(18,19)13-5-6-13/h9-10,13-15H,4-8H2,1-3H3/t10-/m0/s1. The molecule has 1 aromatic rings. The highest BCUT2D eigenvalue weighted by Crippen LogP contribution is 2.27. The molecule has 0 saturated heterocycles. The third-order valence-corrected chi connectivity index (χ3v) is 5.49. The van der Waals surface area contributed by atoms with Gasteiger partial charge in [0.2, 0.25) is 10.0 Å². The lowest BCUT2D eigenvalue weighted by Crippen LogP contribution is -2.39. The average molecular weight is 300 g/mol. The summed E-state index contributed by atoms with van der Waals surface area (Å²) in [6.45, 7) is 8.02. The van der Waals surface area contributed by atoms with E-state index in [0.29, 0.717) is 13.1 Å².